The highest BCUT2D eigenvalue weighted by molar-refractivity contribution is 6.31. The minimum Gasteiger partial charge on any atom is -0.497 e. The Kier molecular flexibility index (Phi) is 3.13. The zero-order valence-corrected chi connectivity index (χ0v) is 7.88. The molecule has 4 heteroatoms. The summed E-state index contributed by atoms with van der Waals surface area (Å²) in [6.45, 7) is 0. The standard InChI is InChI=1S/C9H9ClN2O/c1-13-6-2-3-7(8(10)4-6)9(12)5-11/h2-4,9H,12H2,1H3. The molecule has 13 heavy (non-hydrogen) atoms. The van der Waals surface area contributed by atoms with Crippen LogP contribution in [0.25, 0.3) is 0 Å². The molecule has 0 aliphatic carbocycles. The van der Waals surface area contributed by atoms with Crippen molar-refractivity contribution in [3.63, 3.8) is 0 Å². The molecule has 0 saturated carbocycles. The Hall–Kier alpha value is -1.24. The van der Waals surface area contributed by atoms with Gasteiger partial charge in [0.25, 0.3) is 0 Å². The summed E-state index contributed by atoms with van der Waals surface area (Å²) in [5.74, 6) is 0.652. The number of nitriles is 1. The van der Waals surface area contributed by atoms with E-state index in [1.165, 1.54) is 0 Å². The largest absolute Gasteiger partial charge is 0.497 e. The number of nitrogens with two attached hydrogens (primary N) is 1. The van der Waals surface area contributed by atoms with Crippen LogP contribution in [0.1, 0.15) is 11.6 Å². The Bertz CT molecular complexity index is 346. The van der Waals surface area contributed by atoms with Crippen LogP contribution in [0.15, 0.2) is 18.2 Å². The van der Waals surface area contributed by atoms with Gasteiger partial charge in [0.05, 0.1) is 18.2 Å². The molecule has 0 heterocycles. The van der Waals surface area contributed by atoms with Crippen molar-refractivity contribution in [2.45, 2.75) is 6.04 Å². The molecule has 0 bridgehead atoms. The monoisotopic (exact) mass is 196 g/mol. The first-order valence-corrected chi connectivity index (χ1v) is 4.05. The van der Waals surface area contributed by atoms with Gasteiger partial charge in [0.15, 0.2) is 0 Å². The van der Waals surface area contributed by atoms with Crippen molar-refractivity contribution >= 4 is 11.6 Å². The molecule has 0 saturated heterocycles. The molecule has 0 amide bonds. The molecule has 1 aromatic carbocycles. The van der Waals surface area contributed by atoms with Crippen molar-refractivity contribution < 1.29 is 4.74 Å². The maximum absolute atomic E-state index is 8.57. The highest BCUT2D eigenvalue weighted by Gasteiger charge is 2.09. The van der Waals surface area contributed by atoms with Gasteiger partial charge >= 0.3 is 0 Å². The van der Waals surface area contributed by atoms with Crippen LogP contribution in [0, 0.1) is 11.3 Å². The van der Waals surface area contributed by atoms with E-state index >= 15 is 0 Å². The lowest BCUT2D eigenvalue weighted by molar-refractivity contribution is 0.414. The average Bonchev–Trinajstić information content (AvgIpc) is 2.16. The van der Waals surface area contributed by atoms with Gasteiger partial charge in [-0.1, -0.05) is 17.7 Å². The fourth-order valence-corrected chi connectivity index (χ4v) is 1.24. The van der Waals surface area contributed by atoms with Crippen molar-refractivity contribution in [1.82, 2.24) is 0 Å². The normalized spacial score (nSPS) is 11.8. The quantitative estimate of drug-likeness (QED) is 0.786. The molecule has 68 valence electrons. The third-order valence-electron chi connectivity index (χ3n) is 1.68. The lowest BCUT2D eigenvalue weighted by atomic mass is 10.1. The molecule has 0 aliphatic rings. The fourth-order valence-electron chi connectivity index (χ4n) is 0.957. The molecule has 1 aromatic rings. The third-order valence-corrected chi connectivity index (χ3v) is 2.01. The van der Waals surface area contributed by atoms with Crippen LogP contribution in [-0.2, 0) is 0 Å². The zero-order valence-electron chi connectivity index (χ0n) is 7.12. The Morgan fingerprint density at radius 2 is 2.31 bits per heavy atom. The lowest BCUT2D eigenvalue weighted by Crippen LogP contribution is -2.07. The van der Waals surface area contributed by atoms with E-state index in [4.69, 9.17) is 27.3 Å². The van der Waals surface area contributed by atoms with Crippen LogP contribution in [0.5, 0.6) is 5.75 Å². The summed E-state index contributed by atoms with van der Waals surface area (Å²) in [6.07, 6.45) is 0. The summed E-state index contributed by atoms with van der Waals surface area (Å²) >= 11 is 5.87. The van der Waals surface area contributed by atoms with E-state index in [-0.39, 0.29) is 0 Å². The van der Waals surface area contributed by atoms with E-state index in [0.717, 1.165) is 0 Å². The smallest absolute Gasteiger partial charge is 0.120 e. The van der Waals surface area contributed by atoms with Gasteiger partial charge in [-0.2, -0.15) is 5.26 Å². The maximum atomic E-state index is 8.57. The Labute approximate surface area is 81.7 Å². The van der Waals surface area contributed by atoms with E-state index < -0.39 is 6.04 Å². The number of rotatable bonds is 2. The van der Waals surface area contributed by atoms with E-state index in [1.807, 2.05) is 6.07 Å². The van der Waals surface area contributed by atoms with Crippen molar-refractivity contribution in [3.05, 3.63) is 28.8 Å². The van der Waals surface area contributed by atoms with Crippen LogP contribution in [0.3, 0.4) is 0 Å². The molecule has 0 aromatic heterocycles. The van der Waals surface area contributed by atoms with Gasteiger partial charge in [0.2, 0.25) is 0 Å². The molecule has 0 aliphatic heterocycles. The van der Waals surface area contributed by atoms with Crippen molar-refractivity contribution in [2.75, 3.05) is 7.11 Å². The van der Waals surface area contributed by atoms with Gasteiger partial charge in [0.1, 0.15) is 11.8 Å². The predicted molar refractivity (Wildman–Crippen MR) is 50.5 cm³/mol. The number of benzene rings is 1. The first kappa shape index (κ1) is 9.85. The summed E-state index contributed by atoms with van der Waals surface area (Å²) in [6, 6.07) is 6.27. The number of hydrogen-bond donors (Lipinski definition) is 1. The Morgan fingerprint density at radius 3 is 2.77 bits per heavy atom. The second-order valence-corrected chi connectivity index (χ2v) is 2.90. The van der Waals surface area contributed by atoms with Gasteiger partial charge < -0.3 is 10.5 Å². The number of methoxy groups -OCH3 is 1. The number of hydrogen-bond acceptors (Lipinski definition) is 3. The molecule has 1 rings (SSSR count). The number of ether oxygens (including phenoxy) is 1. The van der Waals surface area contributed by atoms with Gasteiger partial charge in [-0.3, -0.25) is 0 Å². The summed E-state index contributed by atoms with van der Waals surface area (Å²) in [4.78, 5) is 0. The molecule has 3 nitrogen and oxygen atoms in total. The number of halogens is 1. The third kappa shape index (κ3) is 2.11. The van der Waals surface area contributed by atoms with E-state index in [1.54, 1.807) is 25.3 Å². The molecule has 1 unspecified atom stereocenters. The maximum Gasteiger partial charge on any atom is 0.120 e. The summed E-state index contributed by atoms with van der Waals surface area (Å²) < 4.78 is 4.96. The van der Waals surface area contributed by atoms with Crippen molar-refractivity contribution in [1.29, 1.82) is 5.26 Å². The van der Waals surface area contributed by atoms with Crippen LogP contribution in [-0.4, -0.2) is 7.11 Å². The topological polar surface area (TPSA) is 59.0 Å². The molecular weight excluding hydrogens is 188 g/mol. The van der Waals surface area contributed by atoms with E-state index in [2.05, 4.69) is 0 Å². The highest BCUT2D eigenvalue weighted by atomic mass is 35.5. The molecule has 0 radical (unpaired) electrons. The van der Waals surface area contributed by atoms with Gasteiger partial charge in [-0.15, -0.1) is 0 Å². The Balaban J connectivity index is 3.06. The summed E-state index contributed by atoms with van der Waals surface area (Å²) in [5.41, 5.74) is 6.12. The fraction of sp³-hybridized carbons (Fsp3) is 0.222. The lowest BCUT2D eigenvalue weighted by Gasteiger charge is -2.07. The summed E-state index contributed by atoms with van der Waals surface area (Å²) in [7, 11) is 1.55. The minimum absolute atomic E-state index is 0.452. The van der Waals surface area contributed by atoms with Crippen LogP contribution >= 0.6 is 11.6 Å². The molecule has 1 atom stereocenters. The van der Waals surface area contributed by atoms with Gasteiger partial charge in [-0.05, 0) is 12.1 Å². The first-order chi connectivity index (χ1) is 6.19. The molecule has 2 N–H and O–H groups in total. The molecular formula is C9H9ClN2O. The minimum atomic E-state index is -0.682. The van der Waals surface area contributed by atoms with Crippen molar-refractivity contribution in [2.24, 2.45) is 5.73 Å². The summed E-state index contributed by atoms with van der Waals surface area (Å²) in [5, 5.41) is 9.03. The molecule has 0 spiro atoms. The Morgan fingerprint density at radius 1 is 1.62 bits per heavy atom. The van der Waals surface area contributed by atoms with Crippen molar-refractivity contribution in [3.8, 4) is 11.8 Å². The van der Waals surface area contributed by atoms with E-state index in [0.29, 0.717) is 16.3 Å². The van der Waals surface area contributed by atoms with Gasteiger partial charge in [-0.25, -0.2) is 0 Å². The van der Waals surface area contributed by atoms with Crippen LogP contribution in [0.2, 0.25) is 5.02 Å². The SMILES string of the molecule is COc1ccc(C(N)C#N)c(Cl)c1. The van der Waals surface area contributed by atoms with Crippen LogP contribution < -0.4 is 10.5 Å². The predicted octanol–water partition coefficient (Wildman–Crippen LogP) is 1.87. The highest BCUT2D eigenvalue weighted by Crippen LogP contribution is 2.25. The first-order valence-electron chi connectivity index (χ1n) is 3.67. The second-order valence-electron chi connectivity index (χ2n) is 2.49. The average molecular weight is 197 g/mol. The second kappa shape index (κ2) is 4.13. The van der Waals surface area contributed by atoms with E-state index in [9.17, 15) is 0 Å². The number of nitrogens with zero attached hydrogens (tertiary/aromatic N) is 1. The molecule has 0 fully saturated rings. The van der Waals surface area contributed by atoms with Crippen LogP contribution in [0.4, 0.5) is 0 Å². The zero-order chi connectivity index (χ0) is 9.84. The van der Waals surface area contributed by atoms with Gasteiger partial charge in [0, 0.05) is 5.56 Å².